The number of nitrogens with one attached hydrogen (secondary N) is 1. The first kappa shape index (κ1) is 15.4. The molecule has 9 heteroatoms. The molecule has 108 valence electrons. The Bertz CT molecular complexity index is 738. The number of pyridine rings is 1. The number of carboxylic acids is 1. The van der Waals surface area contributed by atoms with Crippen LogP contribution in [0.3, 0.4) is 0 Å². The Morgan fingerprint density at radius 1 is 1.38 bits per heavy atom. The number of carbonyl (C=O) groups is 1. The van der Waals surface area contributed by atoms with E-state index in [0.717, 1.165) is 15.7 Å². The molecule has 0 spiro atoms. The first-order valence-corrected chi connectivity index (χ1v) is 6.95. The zero-order valence-electron chi connectivity index (χ0n) is 10.2. The fourth-order valence-corrected chi connectivity index (χ4v) is 2.43. The second-order valence-corrected chi connectivity index (χ2v) is 5.53. The average Bonchev–Trinajstić information content (AvgIpc) is 2.41. The highest BCUT2D eigenvalue weighted by molar-refractivity contribution is 14.1. The van der Waals surface area contributed by atoms with Crippen molar-refractivity contribution < 1.29 is 14.8 Å². The molecule has 1 aromatic carbocycles. The number of hydrogen-bond donors (Lipinski definition) is 2. The van der Waals surface area contributed by atoms with Crippen molar-refractivity contribution in [3.8, 4) is 0 Å². The van der Waals surface area contributed by atoms with Gasteiger partial charge in [0.1, 0.15) is 0 Å². The van der Waals surface area contributed by atoms with Gasteiger partial charge in [-0.3, -0.25) is 10.1 Å². The van der Waals surface area contributed by atoms with Gasteiger partial charge in [-0.25, -0.2) is 9.78 Å². The first-order chi connectivity index (χ1) is 9.88. The molecule has 0 saturated carbocycles. The van der Waals surface area contributed by atoms with Crippen LogP contribution in [0.15, 0.2) is 30.3 Å². The molecule has 0 saturated heterocycles. The van der Waals surface area contributed by atoms with E-state index >= 15 is 0 Å². The van der Waals surface area contributed by atoms with Crippen LogP contribution in [0.4, 0.5) is 17.2 Å². The molecule has 0 radical (unpaired) electrons. The zero-order chi connectivity index (χ0) is 15.6. The Balaban J connectivity index is 2.48. The van der Waals surface area contributed by atoms with Gasteiger partial charge < -0.3 is 10.4 Å². The minimum Gasteiger partial charge on any atom is -0.477 e. The van der Waals surface area contributed by atoms with E-state index in [2.05, 4.69) is 32.9 Å². The van der Waals surface area contributed by atoms with Crippen molar-refractivity contribution in [2.45, 2.75) is 0 Å². The van der Waals surface area contributed by atoms with Crippen LogP contribution >= 0.6 is 34.2 Å². The number of halogens is 2. The second-order valence-electron chi connectivity index (χ2n) is 3.88. The minimum atomic E-state index is -1.28. The van der Waals surface area contributed by atoms with Gasteiger partial charge >= 0.3 is 11.7 Å². The molecule has 1 heterocycles. The van der Waals surface area contributed by atoms with Crippen LogP contribution in [0.1, 0.15) is 10.5 Å². The molecule has 0 atom stereocenters. The normalized spacial score (nSPS) is 10.2. The lowest BCUT2D eigenvalue weighted by Gasteiger charge is -2.09. The molecule has 0 aliphatic carbocycles. The van der Waals surface area contributed by atoms with Crippen molar-refractivity contribution in [1.82, 2.24) is 4.98 Å². The van der Waals surface area contributed by atoms with Gasteiger partial charge in [-0.2, -0.15) is 0 Å². The lowest BCUT2D eigenvalue weighted by molar-refractivity contribution is -0.384. The molecule has 21 heavy (non-hydrogen) atoms. The Hall–Kier alpha value is -1.94. The number of hydrogen-bond acceptors (Lipinski definition) is 5. The lowest BCUT2D eigenvalue weighted by atomic mass is 10.3. The predicted molar refractivity (Wildman–Crippen MR) is 85.3 cm³/mol. The molecular weight excluding hydrogens is 413 g/mol. The summed E-state index contributed by atoms with van der Waals surface area (Å²) in [4.78, 5) is 25.0. The molecule has 0 bridgehead atoms. The summed E-state index contributed by atoms with van der Waals surface area (Å²) in [5.74, 6) is -1.45. The Kier molecular flexibility index (Phi) is 4.58. The zero-order valence-corrected chi connectivity index (χ0v) is 13.1. The smallest absolute Gasteiger partial charge is 0.354 e. The van der Waals surface area contributed by atoms with Crippen LogP contribution < -0.4 is 5.32 Å². The maximum absolute atomic E-state index is 11.0. The number of carboxylic acid groups (broad SMARTS) is 1. The largest absolute Gasteiger partial charge is 0.477 e. The third kappa shape index (κ3) is 3.58. The monoisotopic (exact) mass is 419 g/mol. The van der Waals surface area contributed by atoms with E-state index in [9.17, 15) is 14.9 Å². The van der Waals surface area contributed by atoms with Gasteiger partial charge in [-0.05, 0) is 46.9 Å². The third-order valence-electron chi connectivity index (χ3n) is 2.47. The predicted octanol–water partition coefficient (Wildman–Crippen LogP) is 3.69. The molecule has 0 amide bonds. The van der Waals surface area contributed by atoms with Gasteiger partial charge in [0.05, 0.1) is 15.6 Å². The number of aromatic carboxylic acids is 1. The van der Waals surface area contributed by atoms with Crippen LogP contribution in [0.2, 0.25) is 5.02 Å². The lowest BCUT2D eigenvalue weighted by Crippen LogP contribution is -2.06. The second kappa shape index (κ2) is 6.22. The van der Waals surface area contributed by atoms with E-state index in [-0.39, 0.29) is 17.2 Å². The Morgan fingerprint density at radius 3 is 2.67 bits per heavy atom. The van der Waals surface area contributed by atoms with E-state index in [1.807, 2.05) is 0 Å². The topological polar surface area (TPSA) is 105 Å². The van der Waals surface area contributed by atoms with Crippen molar-refractivity contribution >= 4 is 57.4 Å². The van der Waals surface area contributed by atoms with Crippen LogP contribution in [-0.2, 0) is 0 Å². The van der Waals surface area contributed by atoms with Gasteiger partial charge in [-0.15, -0.1) is 0 Å². The summed E-state index contributed by atoms with van der Waals surface area (Å²) in [7, 11) is 0. The van der Waals surface area contributed by atoms with Gasteiger partial charge in [0.2, 0.25) is 5.82 Å². The number of rotatable bonds is 4. The summed E-state index contributed by atoms with van der Waals surface area (Å²) in [6.07, 6.45) is 0. The van der Waals surface area contributed by atoms with Crippen molar-refractivity contribution in [2.75, 3.05) is 5.32 Å². The maximum atomic E-state index is 11.0. The average molecular weight is 420 g/mol. The van der Waals surface area contributed by atoms with Gasteiger partial charge in [0, 0.05) is 9.64 Å². The summed E-state index contributed by atoms with van der Waals surface area (Å²) >= 11 is 8.10. The summed E-state index contributed by atoms with van der Waals surface area (Å²) in [5, 5.41) is 22.9. The van der Waals surface area contributed by atoms with Gasteiger partial charge in [0.25, 0.3) is 0 Å². The Morgan fingerprint density at radius 2 is 2.10 bits per heavy atom. The molecule has 7 nitrogen and oxygen atoms in total. The molecule has 1 aromatic heterocycles. The van der Waals surface area contributed by atoms with Gasteiger partial charge in [-0.1, -0.05) is 11.6 Å². The van der Waals surface area contributed by atoms with Crippen LogP contribution in [0, 0.1) is 13.7 Å². The van der Waals surface area contributed by atoms with Crippen molar-refractivity contribution in [3.05, 3.63) is 54.7 Å². The fourth-order valence-electron chi connectivity index (χ4n) is 1.53. The minimum absolute atomic E-state index is 0.178. The van der Waals surface area contributed by atoms with Crippen LogP contribution in [0.5, 0.6) is 0 Å². The van der Waals surface area contributed by atoms with E-state index in [0.29, 0.717) is 10.7 Å². The third-order valence-corrected chi connectivity index (χ3v) is 3.46. The highest BCUT2D eigenvalue weighted by Crippen LogP contribution is 2.30. The fraction of sp³-hybridized carbons (Fsp3) is 0. The molecule has 0 fully saturated rings. The van der Waals surface area contributed by atoms with Crippen molar-refractivity contribution in [2.24, 2.45) is 0 Å². The SMILES string of the molecule is O=C(O)c1ccc([N+](=O)[O-])c(Nc2ccc(I)cc2Cl)n1. The summed E-state index contributed by atoms with van der Waals surface area (Å²) in [6, 6.07) is 7.20. The number of aromatic nitrogens is 1. The van der Waals surface area contributed by atoms with E-state index in [1.54, 1.807) is 18.2 Å². The molecule has 0 aliphatic heterocycles. The number of anilines is 2. The Labute approximate surface area is 137 Å². The molecule has 2 aromatic rings. The molecule has 0 unspecified atom stereocenters. The summed E-state index contributed by atoms with van der Waals surface area (Å²) < 4.78 is 0.893. The quantitative estimate of drug-likeness (QED) is 0.445. The standard InChI is InChI=1S/C12H7ClIN3O4/c13-7-5-6(14)1-2-8(7)15-11-10(17(20)21)4-3-9(16-11)12(18)19/h1-5H,(H,15,16)(H,18,19). The first-order valence-electron chi connectivity index (χ1n) is 5.49. The van der Waals surface area contributed by atoms with E-state index < -0.39 is 10.9 Å². The highest BCUT2D eigenvalue weighted by atomic mass is 127. The van der Waals surface area contributed by atoms with Crippen molar-refractivity contribution in [1.29, 1.82) is 0 Å². The molecule has 2 N–H and O–H groups in total. The summed E-state index contributed by atoms with van der Waals surface area (Å²) in [6.45, 7) is 0. The maximum Gasteiger partial charge on any atom is 0.354 e. The number of benzene rings is 1. The van der Waals surface area contributed by atoms with Crippen LogP contribution in [-0.4, -0.2) is 21.0 Å². The number of nitro groups is 1. The van der Waals surface area contributed by atoms with Crippen LogP contribution in [0.25, 0.3) is 0 Å². The van der Waals surface area contributed by atoms with E-state index in [4.69, 9.17) is 16.7 Å². The van der Waals surface area contributed by atoms with E-state index in [1.165, 1.54) is 0 Å². The number of nitrogens with zero attached hydrogens (tertiary/aromatic N) is 2. The van der Waals surface area contributed by atoms with Crippen molar-refractivity contribution in [3.63, 3.8) is 0 Å². The molecule has 2 rings (SSSR count). The molecule has 0 aliphatic rings. The highest BCUT2D eigenvalue weighted by Gasteiger charge is 2.19. The summed E-state index contributed by atoms with van der Waals surface area (Å²) in [5.41, 5.74) is -0.241. The van der Waals surface area contributed by atoms with Gasteiger partial charge in [0.15, 0.2) is 5.69 Å². The molecular formula is C12H7ClIN3O4.